The Kier molecular flexibility index (Phi) is 13.3. The number of rotatable bonds is 12. The van der Waals surface area contributed by atoms with Crippen LogP contribution in [-0.4, -0.2) is 45.1 Å². The van der Waals surface area contributed by atoms with Crippen molar-refractivity contribution in [3.05, 3.63) is 0 Å². The van der Waals surface area contributed by atoms with Gasteiger partial charge in [-0.1, -0.05) is 30.8 Å². The van der Waals surface area contributed by atoms with Gasteiger partial charge in [0.05, 0.1) is 0 Å². The molecule has 0 aliphatic heterocycles. The van der Waals surface area contributed by atoms with E-state index in [0.29, 0.717) is 11.5 Å². The molecular formula is C13H26N2O3S2. The van der Waals surface area contributed by atoms with Crippen LogP contribution in [0.3, 0.4) is 0 Å². The van der Waals surface area contributed by atoms with Gasteiger partial charge in [0, 0.05) is 5.75 Å². The number of carboxylic acids is 1. The number of nitrogens with zero attached hydrogens (tertiary/aromatic N) is 1. The minimum Gasteiger partial charge on any atom is -0.480 e. The van der Waals surface area contributed by atoms with E-state index < -0.39 is 12.0 Å². The molecule has 7 heteroatoms. The maximum absolute atomic E-state index is 10.6. The molecule has 20 heavy (non-hydrogen) atoms. The van der Waals surface area contributed by atoms with Gasteiger partial charge in [0.2, 0.25) is 0 Å². The highest BCUT2D eigenvalue weighted by molar-refractivity contribution is 8.14. The highest BCUT2D eigenvalue weighted by Crippen LogP contribution is 2.14. The van der Waals surface area contributed by atoms with Crippen LogP contribution in [0.5, 0.6) is 0 Å². The molecule has 1 unspecified atom stereocenters. The second kappa shape index (κ2) is 13.6. The Hall–Kier alpha value is -0.400. The van der Waals surface area contributed by atoms with Gasteiger partial charge in [-0.05, 0) is 31.3 Å². The summed E-state index contributed by atoms with van der Waals surface area (Å²) >= 11 is 3.11. The zero-order valence-electron chi connectivity index (χ0n) is 12.1. The number of carbonyl (C=O) groups is 1. The van der Waals surface area contributed by atoms with E-state index in [9.17, 15) is 4.79 Å². The number of hydrogen-bond donors (Lipinski definition) is 3. The summed E-state index contributed by atoms with van der Waals surface area (Å²) in [5.74, 6) is 0.450. The van der Waals surface area contributed by atoms with Gasteiger partial charge < -0.3 is 16.0 Å². The van der Waals surface area contributed by atoms with Crippen molar-refractivity contribution in [1.29, 1.82) is 0 Å². The van der Waals surface area contributed by atoms with Crippen LogP contribution in [0, 0.1) is 0 Å². The summed E-state index contributed by atoms with van der Waals surface area (Å²) in [6, 6.07) is -0.909. The second-order valence-electron chi connectivity index (χ2n) is 4.61. The largest absolute Gasteiger partial charge is 0.480 e. The van der Waals surface area contributed by atoms with E-state index in [2.05, 4.69) is 11.4 Å². The molecule has 0 saturated carbocycles. The van der Waals surface area contributed by atoms with Crippen LogP contribution in [-0.2, 0) is 4.79 Å². The van der Waals surface area contributed by atoms with Crippen LogP contribution in [0.4, 0.5) is 0 Å². The highest BCUT2D eigenvalue weighted by atomic mass is 32.2. The summed E-state index contributed by atoms with van der Waals surface area (Å²) < 4.78 is 0. The quantitative estimate of drug-likeness (QED) is 0.168. The molecule has 0 aromatic carbocycles. The first-order chi connectivity index (χ1) is 9.61. The average molecular weight is 322 g/mol. The summed E-state index contributed by atoms with van der Waals surface area (Å²) in [4.78, 5) is 10.6. The molecule has 0 spiro atoms. The molecule has 0 fully saturated rings. The predicted octanol–water partition coefficient (Wildman–Crippen LogP) is 3.01. The summed E-state index contributed by atoms with van der Waals surface area (Å²) in [5.41, 5.74) is 5.40. The zero-order valence-corrected chi connectivity index (χ0v) is 13.7. The van der Waals surface area contributed by atoms with Crippen molar-refractivity contribution in [3.8, 4) is 0 Å². The van der Waals surface area contributed by atoms with Crippen molar-refractivity contribution in [3.63, 3.8) is 0 Å². The normalized spacial score (nSPS) is 13.4. The topological polar surface area (TPSA) is 95.9 Å². The van der Waals surface area contributed by atoms with Crippen molar-refractivity contribution in [2.45, 2.75) is 51.0 Å². The van der Waals surface area contributed by atoms with Crippen LogP contribution >= 0.6 is 23.5 Å². The van der Waals surface area contributed by atoms with Crippen LogP contribution in [0.25, 0.3) is 0 Å². The number of carboxylic acid groups (broad SMARTS) is 1. The maximum Gasteiger partial charge on any atom is 0.321 e. The van der Waals surface area contributed by atoms with Crippen LogP contribution in [0.2, 0.25) is 0 Å². The van der Waals surface area contributed by atoms with Crippen molar-refractivity contribution < 1.29 is 15.1 Å². The smallest absolute Gasteiger partial charge is 0.321 e. The molecule has 0 saturated heterocycles. The van der Waals surface area contributed by atoms with Crippen molar-refractivity contribution in [2.75, 3.05) is 17.8 Å². The monoisotopic (exact) mass is 322 g/mol. The zero-order chi connectivity index (χ0) is 15.2. The van der Waals surface area contributed by atoms with Crippen molar-refractivity contribution in [2.24, 2.45) is 10.9 Å². The third kappa shape index (κ3) is 11.4. The molecule has 118 valence electrons. The summed E-state index contributed by atoms with van der Waals surface area (Å²) in [6.07, 6.45) is 9.93. The maximum atomic E-state index is 10.6. The van der Waals surface area contributed by atoms with Crippen molar-refractivity contribution in [1.82, 2.24) is 0 Å². The highest BCUT2D eigenvalue weighted by Gasteiger charge is 2.13. The molecule has 0 aromatic heterocycles. The summed E-state index contributed by atoms with van der Waals surface area (Å²) in [6.45, 7) is 0. The van der Waals surface area contributed by atoms with Crippen molar-refractivity contribution >= 4 is 34.5 Å². The first-order valence-corrected chi connectivity index (χ1v) is 9.30. The Balaban J connectivity index is 3.54. The Morgan fingerprint density at radius 1 is 1.20 bits per heavy atom. The molecule has 0 amide bonds. The van der Waals surface area contributed by atoms with E-state index in [1.807, 2.05) is 11.8 Å². The first-order valence-electron chi connectivity index (χ1n) is 6.92. The van der Waals surface area contributed by atoms with E-state index in [4.69, 9.17) is 16.0 Å². The lowest BCUT2D eigenvalue weighted by atomic mass is 10.1. The number of oxime groups is 1. The van der Waals surface area contributed by atoms with Crippen LogP contribution in [0.15, 0.2) is 5.16 Å². The third-order valence-electron chi connectivity index (χ3n) is 2.85. The summed E-state index contributed by atoms with van der Waals surface area (Å²) in [7, 11) is 0. The predicted molar refractivity (Wildman–Crippen MR) is 88.0 cm³/mol. The molecule has 0 heterocycles. The van der Waals surface area contributed by atoms with E-state index in [1.165, 1.54) is 43.2 Å². The fourth-order valence-electron chi connectivity index (χ4n) is 1.64. The van der Waals surface area contributed by atoms with Gasteiger partial charge in [0.1, 0.15) is 11.1 Å². The third-order valence-corrected chi connectivity index (χ3v) is 4.69. The number of thioether (sulfide) groups is 2. The van der Waals surface area contributed by atoms with Crippen LogP contribution in [0.1, 0.15) is 44.9 Å². The number of unbranched alkanes of at least 4 members (excludes halogenated alkanes) is 5. The Bertz CT molecular complexity index is 289. The second-order valence-corrected chi connectivity index (χ2v) is 6.69. The van der Waals surface area contributed by atoms with Gasteiger partial charge in [-0.25, -0.2) is 0 Å². The van der Waals surface area contributed by atoms with E-state index in [1.54, 1.807) is 0 Å². The minimum absolute atomic E-state index is 0.239. The molecule has 0 aliphatic carbocycles. The fourth-order valence-corrected chi connectivity index (χ4v) is 2.99. The van der Waals surface area contributed by atoms with E-state index >= 15 is 0 Å². The fraction of sp³-hybridized carbons (Fsp3) is 0.846. The standard InChI is InChI=1S/C13H26N2O3S2/c1-19-9-7-5-3-2-4-6-8-12(15-18)20-10-11(14)13(16)17/h11,18H,2-10,14H2,1H3,(H,16,17)/b15-12+. The van der Waals surface area contributed by atoms with Gasteiger partial charge in [0.15, 0.2) is 0 Å². The molecule has 4 N–H and O–H groups in total. The molecule has 0 aliphatic rings. The Morgan fingerprint density at radius 3 is 2.35 bits per heavy atom. The molecule has 0 bridgehead atoms. The summed E-state index contributed by atoms with van der Waals surface area (Å²) in [5, 5.41) is 21.3. The molecule has 0 aromatic rings. The number of hydrogen-bond acceptors (Lipinski definition) is 6. The SMILES string of the molecule is CSCCCCCCCC/C(=N\O)SCC(N)C(=O)O. The lowest BCUT2D eigenvalue weighted by molar-refractivity contribution is -0.137. The van der Waals surface area contributed by atoms with Gasteiger partial charge in [0.25, 0.3) is 0 Å². The van der Waals surface area contributed by atoms with Gasteiger partial charge in [-0.2, -0.15) is 11.8 Å². The molecule has 5 nitrogen and oxygen atoms in total. The molecule has 0 rings (SSSR count). The van der Waals surface area contributed by atoms with E-state index in [-0.39, 0.29) is 5.75 Å². The van der Waals surface area contributed by atoms with Crippen LogP contribution < -0.4 is 5.73 Å². The lowest BCUT2D eigenvalue weighted by Gasteiger charge is -2.07. The number of aliphatic carboxylic acids is 1. The van der Waals surface area contributed by atoms with Gasteiger partial charge in [-0.3, -0.25) is 4.79 Å². The molecule has 0 radical (unpaired) electrons. The Morgan fingerprint density at radius 2 is 1.80 bits per heavy atom. The molecule has 1 atom stereocenters. The van der Waals surface area contributed by atoms with Gasteiger partial charge in [-0.15, -0.1) is 11.8 Å². The van der Waals surface area contributed by atoms with E-state index in [0.717, 1.165) is 12.8 Å². The molecular weight excluding hydrogens is 296 g/mol. The van der Waals surface area contributed by atoms with Gasteiger partial charge >= 0.3 is 5.97 Å². The first kappa shape index (κ1) is 19.6. The minimum atomic E-state index is -1.03. The average Bonchev–Trinajstić information content (AvgIpc) is 2.44. The lowest BCUT2D eigenvalue weighted by Crippen LogP contribution is -2.32. The number of nitrogens with two attached hydrogens (primary N) is 1. The Labute approximate surface area is 129 Å².